The van der Waals surface area contributed by atoms with E-state index >= 15 is 0 Å². The van der Waals surface area contributed by atoms with E-state index in [0.29, 0.717) is 19.8 Å². The van der Waals surface area contributed by atoms with Crippen molar-refractivity contribution < 1.29 is 14.6 Å². The summed E-state index contributed by atoms with van der Waals surface area (Å²) in [6.07, 6.45) is 2.81. The van der Waals surface area contributed by atoms with Crippen molar-refractivity contribution in [2.24, 2.45) is 0 Å². The van der Waals surface area contributed by atoms with Crippen LogP contribution >= 0.6 is 0 Å². The molecular formula is C10H20N2O3. The third kappa shape index (κ3) is 5.11. The topological polar surface area (TPSA) is 70.6 Å². The van der Waals surface area contributed by atoms with Crippen molar-refractivity contribution >= 4 is 5.91 Å². The highest BCUT2D eigenvalue weighted by atomic mass is 16.5. The fourth-order valence-corrected chi connectivity index (χ4v) is 1.58. The molecule has 3 N–H and O–H groups in total. The molecule has 0 aromatic rings. The maximum absolute atomic E-state index is 11.5. The summed E-state index contributed by atoms with van der Waals surface area (Å²) in [6.45, 7) is 2.59. The Morgan fingerprint density at radius 2 is 2.40 bits per heavy atom. The summed E-state index contributed by atoms with van der Waals surface area (Å²) in [5.74, 6) is 0.0923. The monoisotopic (exact) mass is 216 g/mol. The van der Waals surface area contributed by atoms with E-state index < -0.39 is 0 Å². The second kappa shape index (κ2) is 7.62. The lowest BCUT2D eigenvalue weighted by molar-refractivity contribution is -0.122. The molecule has 1 rings (SSSR count). The van der Waals surface area contributed by atoms with Crippen LogP contribution in [0.1, 0.15) is 19.3 Å². The van der Waals surface area contributed by atoms with Crippen LogP contribution in [0.5, 0.6) is 0 Å². The molecule has 1 fully saturated rings. The molecule has 0 aliphatic carbocycles. The number of aliphatic hydroxyl groups excluding tert-OH is 1. The van der Waals surface area contributed by atoms with E-state index in [-0.39, 0.29) is 18.6 Å². The predicted molar refractivity (Wildman–Crippen MR) is 56.6 cm³/mol. The molecule has 0 spiro atoms. The smallest absolute Gasteiger partial charge is 0.237 e. The number of hydrogen-bond donors (Lipinski definition) is 3. The summed E-state index contributed by atoms with van der Waals surface area (Å²) in [4.78, 5) is 11.5. The Labute approximate surface area is 90.2 Å². The van der Waals surface area contributed by atoms with Crippen molar-refractivity contribution in [3.8, 4) is 0 Å². The Kier molecular flexibility index (Phi) is 6.31. The highest BCUT2D eigenvalue weighted by molar-refractivity contribution is 5.81. The van der Waals surface area contributed by atoms with Gasteiger partial charge in [-0.25, -0.2) is 0 Å². The molecule has 15 heavy (non-hydrogen) atoms. The third-order valence-corrected chi connectivity index (χ3v) is 2.38. The largest absolute Gasteiger partial charge is 0.394 e. The normalized spacial score (nSPS) is 20.5. The molecule has 0 bridgehead atoms. The lowest BCUT2D eigenvalue weighted by atomic mass is 10.2. The van der Waals surface area contributed by atoms with Gasteiger partial charge in [0.05, 0.1) is 19.3 Å². The molecule has 1 saturated heterocycles. The number of rotatable bonds is 7. The van der Waals surface area contributed by atoms with Crippen LogP contribution in [0, 0.1) is 0 Å². The molecule has 1 heterocycles. The molecule has 88 valence electrons. The number of aliphatic hydroxyl groups is 1. The number of carbonyl (C=O) groups excluding carboxylic acids is 1. The molecule has 0 aromatic carbocycles. The summed E-state index contributed by atoms with van der Waals surface area (Å²) in [6, 6.07) is 0.00311. The Morgan fingerprint density at radius 1 is 1.53 bits per heavy atom. The SMILES string of the molecule is O=C(NCCCOCCO)[C@H]1CCCN1. The summed E-state index contributed by atoms with van der Waals surface area (Å²) in [7, 11) is 0. The summed E-state index contributed by atoms with van der Waals surface area (Å²) in [5.41, 5.74) is 0. The third-order valence-electron chi connectivity index (χ3n) is 2.38. The van der Waals surface area contributed by atoms with E-state index in [2.05, 4.69) is 10.6 Å². The van der Waals surface area contributed by atoms with E-state index in [1.165, 1.54) is 0 Å². The Bertz CT molecular complexity index is 182. The van der Waals surface area contributed by atoms with Gasteiger partial charge in [-0.2, -0.15) is 0 Å². The van der Waals surface area contributed by atoms with Gasteiger partial charge in [0.15, 0.2) is 0 Å². The number of carbonyl (C=O) groups is 1. The molecule has 1 aliphatic heterocycles. The standard InChI is InChI=1S/C10H20N2O3/c13-6-8-15-7-2-5-12-10(14)9-3-1-4-11-9/h9,11,13H,1-8H2,(H,12,14)/t9-/m1/s1. The van der Waals surface area contributed by atoms with Gasteiger partial charge in [-0.1, -0.05) is 0 Å². The van der Waals surface area contributed by atoms with Gasteiger partial charge < -0.3 is 20.5 Å². The molecule has 5 heteroatoms. The molecular weight excluding hydrogens is 196 g/mol. The van der Waals surface area contributed by atoms with E-state index in [9.17, 15) is 4.79 Å². The maximum Gasteiger partial charge on any atom is 0.237 e. The first-order valence-electron chi connectivity index (χ1n) is 5.54. The minimum atomic E-state index is 0.00311. The highest BCUT2D eigenvalue weighted by Gasteiger charge is 2.20. The first-order valence-corrected chi connectivity index (χ1v) is 5.54. The molecule has 1 amide bonds. The van der Waals surface area contributed by atoms with Crippen molar-refractivity contribution in [2.75, 3.05) is 32.9 Å². The molecule has 0 radical (unpaired) electrons. The number of amides is 1. The van der Waals surface area contributed by atoms with Gasteiger partial charge in [0.2, 0.25) is 5.91 Å². The maximum atomic E-state index is 11.5. The highest BCUT2D eigenvalue weighted by Crippen LogP contribution is 2.04. The second-order valence-electron chi connectivity index (χ2n) is 3.63. The van der Waals surface area contributed by atoms with Crippen molar-refractivity contribution in [3.05, 3.63) is 0 Å². The van der Waals surface area contributed by atoms with Crippen LogP contribution in [-0.2, 0) is 9.53 Å². The number of hydrogen-bond acceptors (Lipinski definition) is 4. The lowest BCUT2D eigenvalue weighted by Gasteiger charge is -2.10. The first-order chi connectivity index (χ1) is 7.34. The summed E-state index contributed by atoms with van der Waals surface area (Å²) in [5, 5.41) is 14.5. The lowest BCUT2D eigenvalue weighted by Crippen LogP contribution is -2.40. The fraction of sp³-hybridized carbons (Fsp3) is 0.900. The van der Waals surface area contributed by atoms with Crippen LogP contribution in [0.25, 0.3) is 0 Å². The van der Waals surface area contributed by atoms with Gasteiger partial charge in [0, 0.05) is 13.2 Å². The van der Waals surface area contributed by atoms with Gasteiger partial charge in [-0.15, -0.1) is 0 Å². The molecule has 1 atom stereocenters. The first kappa shape index (κ1) is 12.4. The van der Waals surface area contributed by atoms with Crippen LogP contribution in [0.3, 0.4) is 0 Å². The van der Waals surface area contributed by atoms with Gasteiger partial charge in [-0.3, -0.25) is 4.79 Å². The van der Waals surface area contributed by atoms with E-state index in [0.717, 1.165) is 25.8 Å². The molecule has 1 aliphatic rings. The molecule has 0 aromatic heterocycles. The summed E-state index contributed by atoms with van der Waals surface area (Å²) >= 11 is 0. The van der Waals surface area contributed by atoms with E-state index in [4.69, 9.17) is 9.84 Å². The quantitative estimate of drug-likeness (QED) is 0.490. The molecule has 0 unspecified atom stereocenters. The van der Waals surface area contributed by atoms with E-state index in [1.807, 2.05) is 0 Å². The average Bonchev–Trinajstić information content (AvgIpc) is 2.76. The fourth-order valence-electron chi connectivity index (χ4n) is 1.58. The Morgan fingerprint density at radius 3 is 3.07 bits per heavy atom. The second-order valence-corrected chi connectivity index (χ2v) is 3.63. The van der Waals surface area contributed by atoms with Gasteiger partial charge in [0.25, 0.3) is 0 Å². The zero-order valence-corrected chi connectivity index (χ0v) is 9.00. The van der Waals surface area contributed by atoms with Crippen LogP contribution in [0.4, 0.5) is 0 Å². The zero-order valence-electron chi connectivity index (χ0n) is 9.00. The van der Waals surface area contributed by atoms with Gasteiger partial charge in [0.1, 0.15) is 0 Å². The van der Waals surface area contributed by atoms with Gasteiger partial charge in [-0.05, 0) is 25.8 Å². The van der Waals surface area contributed by atoms with Crippen LogP contribution in [0.15, 0.2) is 0 Å². The van der Waals surface area contributed by atoms with E-state index in [1.54, 1.807) is 0 Å². The molecule has 5 nitrogen and oxygen atoms in total. The number of nitrogens with one attached hydrogen (secondary N) is 2. The average molecular weight is 216 g/mol. The minimum absolute atomic E-state index is 0.00311. The Hall–Kier alpha value is -0.650. The number of ether oxygens (including phenoxy) is 1. The van der Waals surface area contributed by atoms with Crippen molar-refractivity contribution in [1.82, 2.24) is 10.6 Å². The predicted octanol–water partition coefficient (Wildman–Crippen LogP) is -0.746. The summed E-state index contributed by atoms with van der Waals surface area (Å²) < 4.78 is 5.07. The van der Waals surface area contributed by atoms with Crippen molar-refractivity contribution in [1.29, 1.82) is 0 Å². The van der Waals surface area contributed by atoms with Crippen LogP contribution in [0.2, 0.25) is 0 Å². The molecule has 0 saturated carbocycles. The van der Waals surface area contributed by atoms with Crippen LogP contribution < -0.4 is 10.6 Å². The zero-order chi connectivity index (χ0) is 10.9. The van der Waals surface area contributed by atoms with Gasteiger partial charge >= 0.3 is 0 Å². The Balaban J connectivity index is 1.92. The minimum Gasteiger partial charge on any atom is -0.394 e. The van der Waals surface area contributed by atoms with Crippen LogP contribution in [-0.4, -0.2) is 50.0 Å². The van der Waals surface area contributed by atoms with Crippen molar-refractivity contribution in [3.63, 3.8) is 0 Å². The van der Waals surface area contributed by atoms with Crippen molar-refractivity contribution in [2.45, 2.75) is 25.3 Å².